The van der Waals surface area contributed by atoms with Gasteiger partial charge in [-0.05, 0) is 67.8 Å². The zero-order valence-corrected chi connectivity index (χ0v) is 21.0. The second kappa shape index (κ2) is 7.33. The van der Waals surface area contributed by atoms with Gasteiger partial charge in [-0.1, -0.05) is 23.7 Å². The van der Waals surface area contributed by atoms with Crippen molar-refractivity contribution >= 4 is 44.3 Å². The number of aromatic nitrogens is 3. The summed E-state index contributed by atoms with van der Waals surface area (Å²) >= 11 is 6.79. The number of rotatable bonds is 2. The number of aromatic hydroxyl groups is 2. The van der Waals surface area contributed by atoms with Crippen LogP contribution in [-0.2, 0) is 14.1 Å². The van der Waals surface area contributed by atoms with Gasteiger partial charge in [0.2, 0.25) is 0 Å². The number of aromatic amines is 1. The third kappa shape index (κ3) is 2.88. The number of nitrogens with one attached hydrogen (secondary N) is 1. The van der Waals surface area contributed by atoms with Crippen LogP contribution >= 0.6 is 11.6 Å². The van der Waals surface area contributed by atoms with Crippen LogP contribution in [-0.4, -0.2) is 24.3 Å². The minimum atomic E-state index is 0.156. The Balaban J connectivity index is 1.63. The maximum Gasteiger partial charge on any atom is 0.150 e. The fourth-order valence-corrected chi connectivity index (χ4v) is 5.91. The van der Waals surface area contributed by atoms with Crippen LogP contribution in [0, 0.1) is 20.8 Å². The maximum atomic E-state index is 11.3. The fourth-order valence-electron chi connectivity index (χ4n) is 5.61. The van der Waals surface area contributed by atoms with E-state index in [1.54, 1.807) is 0 Å². The molecule has 6 heteroatoms. The van der Waals surface area contributed by atoms with E-state index < -0.39 is 0 Å². The van der Waals surface area contributed by atoms with Crippen molar-refractivity contribution in [3.05, 3.63) is 70.4 Å². The van der Waals surface area contributed by atoms with Gasteiger partial charge in [-0.15, -0.1) is 0 Å². The van der Waals surface area contributed by atoms with Crippen LogP contribution < -0.4 is 0 Å². The van der Waals surface area contributed by atoms with Crippen LogP contribution in [0.4, 0.5) is 0 Å². The van der Waals surface area contributed by atoms with Gasteiger partial charge in [0.05, 0.1) is 32.8 Å². The number of nitrogens with zero attached hydrogens (tertiary/aromatic N) is 2. The quantitative estimate of drug-likeness (QED) is 0.239. The Kier molecular flexibility index (Phi) is 4.54. The highest BCUT2D eigenvalue weighted by Crippen LogP contribution is 2.47. The first-order chi connectivity index (χ1) is 16.7. The lowest BCUT2D eigenvalue weighted by Gasteiger charge is -2.09. The van der Waals surface area contributed by atoms with E-state index in [2.05, 4.69) is 31.0 Å². The van der Waals surface area contributed by atoms with Gasteiger partial charge >= 0.3 is 0 Å². The summed E-state index contributed by atoms with van der Waals surface area (Å²) in [6.07, 6.45) is 2.00. The van der Waals surface area contributed by atoms with E-state index in [1.807, 2.05) is 66.7 Å². The number of aryl methyl sites for hydroxylation is 5. The summed E-state index contributed by atoms with van der Waals surface area (Å²) in [6.45, 7) is 6.14. The molecule has 0 saturated carbocycles. The summed E-state index contributed by atoms with van der Waals surface area (Å²) < 4.78 is 3.97. The molecule has 6 rings (SSSR count). The van der Waals surface area contributed by atoms with E-state index in [0.29, 0.717) is 21.8 Å². The van der Waals surface area contributed by atoms with Gasteiger partial charge in [-0.3, -0.25) is 0 Å². The molecule has 0 radical (unpaired) electrons. The van der Waals surface area contributed by atoms with Crippen LogP contribution in [0.1, 0.15) is 16.7 Å². The van der Waals surface area contributed by atoms with E-state index in [1.165, 1.54) is 0 Å². The molecule has 0 aliphatic rings. The van der Waals surface area contributed by atoms with Gasteiger partial charge in [0.15, 0.2) is 5.75 Å². The lowest BCUT2D eigenvalue weighted by Crippen LogP contribution is -1.94. The van der Waals surface area contributed by atoms with Crippen molar-refractivity contribution in [2.75, 3.05) is 0 Å². The number of hydrogen-bond acceptors (Lipinski definition) is 2. The molecule has 6 aromatic rings. The number of halogens is 1. The van der Waals surface area contributed by atoms with Gasteiger partial charge in [-0.2, -0.15) is 0 Å². The number of benzene rings is 3. The molecular formula is C29H26ClN3O2. The van der Waals surface area contributed by atoms with E-state index in [4.69, 9.17) is 11.6 Å². The van der Waals surface area contributed by atoms with Crippen molar-refractivity contribution in [2.45, 2.75) is 20.8 Å². The topological polar surface area (TPSA) is 66.1 Å². The molecule has 3 aromatic carbocycles. The summed E-state index contributed by atoms with van der Waals surface area (Å²) in [7, 11) is 3.88. The summed E-state index contributed by atoms with van der Waals surface area (Å²) in [5.74, 6) is 0.391. The molecule has 0 amide bonds. The van der Waals surface area contributed by atoms with E-state index >= 15 is 0 Å². The predicted octanol–water partition coefficient (Wildman–Crippen LogP) is 7.48. The molecule has 0 aliphatic heterocycles. The lowest BCUT2D eigenvalue weighted by molar-refractivity contribution is 0.481. The smallest absolute Gasteiger partial charge is 0.150 e. The Morgan fingerprint density at radius 1 is 0.743 bits per heavy atom. The normalized spacial score (nSPS) is 11.9. The van der Waals surface area contributed by atoms with Crippen molar-refractivity contribution in [1.29, 1.82) is 0 Å². The summed E-state index contributed by atoms with van der Waals surface area (Å²) in [5.41, 5.74) is 9.25. The summed E-state index contributed by atoms with van der Waals surface area (Å²) in [4.78, 5) is 3.33. The zero-order chi connectivity index (χ0) is 24.8. The molecule has 0 unspecified atom stereocenters. The number of H-pyrrole nitrogens is 1. The Labute approximate surface area is 207 Å². The Bertz CT molecular complexity index is 1830. The van der Waals surface area contributed by atoms with Crippen LogP contribution in [0.25, 0.3) is 55.2 Å². The van der Waals surface area contributed by atoms with Gasteiger partial charge in [0, 0.05) is 47.7 Å². The van der Waals surface area contributed by atoms with E-state index in [9.17, 15) is 10.2 Å². The Morgan fingerprint density at radius 3 is 2.11 bits per heavy atom. The third-order valence-corrected chi connectivity index (χ3v) is 7.67. The SMILES string of the molecule is Cc1c[nH]c2c(C)cc(-c3c(O)c4c(Cl)cc(-c5c(O)c6c(C)cccc6n5C)cc4n3C)cc12. The van der Waals surface area contributed by atoms with Crippen LogP contribution in [0.3, 0.4) is 0 Å². The minimum absolute atomic E-state index is 0.156. The monoisotopic (exact) mass is 483 g/mol. The number of hydrogen-bond donors (Lipinski definition) is 3. The maximum absolute atomic E-state index is 11.3. The highest BCUT2D eigenvalue weighted by molar-refractivity contribution is 6.37. The van der Waals surface area contributed by atoms with Crippen molar-refractivity contribution in [3.63, 3.8) is 0 Å². The molecule has 3 aromatic heterocycles. The number of fused-ring (bicyclic) bond motifs is 3. The average molecular weight is 484 g/mol. The second-order valence-corrected chi connectivity index (χ2v) is 9.93. The molecule has 0 aliphatic carbocycles. The Hall–Kier alpha value is -3.83. The van der Waals surface area contributed by atoms with Crippen molar-refractivity contribution in [2.24, 2.45) is 14.1 Å². The molecule has 0 atom stereocenters. The summed E-state index contributed by atoms with van der Waals surface area (Å²) in [5, 5.41) is 25.5. The van der Waals surface area contributed by atoms with Crippen LogP contribution in [0.15, 0.2) is 48.7 Å². The summed E-state index contributed by atoms with van der Waals surface area (Å²) in [6, 6.07) is 14.0. The van der Waals surface area contributed by atoms with Gasteiger partial charge in [0.25, 0.3) is 0 Å². The third-order valence-electron chi connectivity index (χ3n) is 7.38. The van der Waals surface area contributed by atoms with Gasteiger partial charge in [0.1, 0.15) is 5.75 Å². The van der Waals surface area contributed by atoms with Crippen molar-refractivity contribution in [1.82, 2.24) is 14.1 Å². The molecule has 5 nitrogen and oxygen atoms in total. The van der Waals surface area contributed by atoms with Crippen molar-refractivity contribution in [3.8, 4) is 34.0 Å². The largest absolute Gasteiger partial charge is 0.505 e. The molecule has 0 bridgehead atoms. The van der Waals surface area contributed by atoms with Crippen LogP contribution in [0.5, 0.6) is 11.5 Å². The lowest BCUT2D eigenvalue weighted by atomic mass is 10.0. The van der Waals surface area contributed by atoms with Crippen molar-refractivity contribution < 1.29 is 10.2 Å². The molecule has 35 heavy (non-hydrogen) atoms. The highest BCUT2D eigenvalue weighted by atomic mass is 35.5. The highest BCUT2D eigenvalue weighted by Gasteiger charge is 2.23. The standard InChI is InChI=1S/C29H26ClN3O2/c1-14-7-6-8-21-23(14)28(34)27(32(21)4)18-11-20(30)24-22(12-18)33(5)26(29(24)35)17-9-15(2)25-19(10-17)16(3)13-31-25/h6-13,31,34-35H,1-5H3. The minimum Gasteiger partial charge on any atom is -0.505 e. The van der Waals surface area contributed by atoms with Crippen LogP contribution in [0.2, 0.25) is 5.02 Å². The first-order valence-electron chi connectivity index (χ1n) is 11.6. The zero-order valence-electron chi connectivity index (χ0n) is 20.3. The molecule has 176 valence electrons. The molecule has 0 saturated heterocycles. The molecule has 0 fully saturated rings. The molecule has 3 N–H and O–H groups in total. The molecule has 0 spiro atoms. The Morgan fingerprint density at radius 2 is 1.40 bits per heavy atom. The second-order valence-electron chi connectivity index (χ2n) is 9.52. The molecular weight excluding hydrogens is 458 g/mol. The van der Waals surface area contributed by atoms with E-state index in [-0.39, 0.29) is 11.5 Å². The fraction of sp³-hybridized carbons (Fsp3) is 0.172. The predicted molar refractivity (Wildman–Crippen MR) is 145 cm³/mol. The van der Waals surface area contributed by atoms with Gasteiger partial charge in [-0.25, -0.2) is 0 Å². The first-order valence-corrected chi connectivity index (χ1v) is 11.9. The van der Waals surface area contributed by atoms with Gasteiger partial charge < -0.3 is 24.3 Å². The first kappa shape index (κ1) is 21.7. The molecule has 3 heterocycles. The average Bonchev–Trinajstić information content (AvgIpc) is 3.40. The van der Waals surface area contributed by atoms with E-state index in [0.717, 1.165) is 55.1 Å².